The summed E-state index contributed by atoms with van der Waals surface area (Å²) in [5.41, 5.74) is 2.86. The van der Waals surface area contributed by atoms with Crippen molar-refractivity contribution in [3.05, 3.63) is 16.6 Å². The molecule has 1 aromatic rings. The van der Waals surface area contributed by atoms with E-state index in [0.717, 1.165) is 23.8 Å². The minimum absolute atomic E-state index is 0.364. The molecule has 0 amide bonds. The van der Waals surface area contributed by atoms with Crippen LogP contribution in [0.5, 0.6) is 0 Å². The van der Waals surface area contributed by atoms with Crippen molar-refractivity contribution in [2.75, 3.05) is 0 Å². The van der Waals surface area contributed by atoms with Gasteiger partial charge in [-0.05, 0) is 18.8 Å². The molecule has 14 heavy (non-hydrogen) atoms. The molecule has 1 atom stereocenters. The summed E-state index contributed by atoms with van der Waals surface area (Å²) >= 11 is 1.69. The molecule has 0 saturated carbocycles. The summed E-state index contributed by atoms with van der Waals surface area (Å²) in [7, 11) is 0. The zero-order valence-corrected chi connectivity index (χ0v) is 9.68. The normalized spacial score (nSPS) is 13.4. The summed E-state index contributed by atoms with van der Waals surface area (Å²) in [6.45, 7) is 4.47. The zero-order valence-electron chi connectivity index (χ0n) is 8.86. The molecule has 0 fully saturated rings. The van der Waals surface area contributed by atoms with Crippen molar-refractivity contribution in [2.24, 2.45) is 11.8 Å². The Bertz CT molecular complexity index is 234. The van der Waals surface area contributed by atoms with Crippen LogP contribution in [0.15, 0.2) is 11.6 Å². The van der Waals surface area contributed by atoms with Gasteiger partial charge >= 0.3 is 0 Å². The molecule has 0 aromatic carbocycles. The smallest absolute Gasteiger partial charge is 0.0940 e. The highest BCUT2D eigenvalue weighted by Crippen LogP contribution is 2.12. The van der Waals surface area contributed by atoms with Crippen LogP contribution in [0, 0.1) is 5.92 Å². The third-order valence-corrected chi connectivity index (χ3v) is 3.03. The van der Waals surface area contributed by atoms with Crippen molar-refractivity contribution in [3.8, 4) is 0 Å². The molecule has 3 nitrogen and oxygen atoms in total. The highest BCUT2D eigenvalue weighted by Gasteiger charge is 2.09. The van der Waals surface area contributed by atoms with E-state index in [1.807, 2.05) is 11.6 Å². The monoisotopic (exact) mass is 213 g/mol. The van der Waals surface area contributed by atoms with Gasteiger partial charge in [0.1, 0.15) is 0 Å². The third-order valence-electron chi connectivity index (χ3n) is 2.23. The van der Waals surface area contributed by atoms with E-state index in [0.29, 0.717) is 6.04 Å². The van der Waals surface area contributed by atoms with Gasteiger partial charge in [0.2, 0.25) is 0 Å². The lowest BCUT2D eigenvalue weighted by Gasteiger charge is -2.15. The number of nitrogens with zero attached hydrogens (tertiary/aromatic N) is 1. The molecule has 0 saturated heterocycles. The standard InChI is InChI=1S/C10H19N3S/c1-8(2)3-4-9(13-11)7-10-12-5-6-14-10/h5-6,8-9,13H,3-4,7,11H2,1-2H3. The highest BCUT2D eigenvalue weighted by molar-refractivity contribution is 7.09. The van der Waals surface area contributed by atoms with Crippen molar-refractivity contribution in [1.29, 1.82) is 0 Å². The van der Waals surface area contributed by atoms with Gasteiger partial charge in [-0.2, -0.15) is 0 Å². The number of nitrogens with one attached hydrogen (secondary N) is 1. The lowest BCUT2D eigenvalue weighted by molar-refractivity contribution is 0.434. The van der Waals surface area contributed by atoms with Crippen LogP contribution in [0.3, 0.4) is 0 Å². The van der Waals surface area contributed by atoms with Crippen LogP contribution >= 0.6 is 11.3 Å². The number of hydrogen-bond donors (Lipinski definition) is 2. The molecule has 0 aliphatic carbocycles. The van der Waals surface area contributed by atoms with E-state index in [4.69, 9.17) is 5.84 Å². The van der Waals surface area contributed by atoms with Gasteiger partial charge in [0.05, 0.1) is 5.01 Å². The number of thiazole rings is 1. The summed E-state index contributed by atoms with van der Waals surface area (Å²) in [6.07, 6.45) is 5.12. The molecule has 1 rings (SSSR count). The van der Waals surface area contributed by atoms with Crippen LogP contribution < -0.4 is 11.3 Å². The van der Waals surface area contributed by atoms with Gasteiger partial charge in [0.25, 0.3) is 0 Å². The first-order chi connectivity index (χ1) is 6.72. The van der Waals surface area contributed by atoms with Crippen molar-refractivity contribution >= 4 is 11.3 Å². The fourth-order valence-corrected chi connectivity index (χ4v) is 2.04. The van der Waals surface area contributed by atoms with Gasteiger partial charge < -0.3 is 0 Å². The Balaban J connectivity index is 2.32. The molecule has 1 unspecified atom stereocenters. The maximum atomic E-state index is 5.50. The van der Waals surface area contributed by atoms with Gasteiger partial charge in [-0.3, -0.25) is 11.3 Å². The van der Waals surface area contributed by atoms with Gasteiger partial charge in [-0.15, -0.1) is 11.3 Å². The molecule has 1 aromatic heterocycles. The zero-order chi connectivity index (χ0) is 10.4. The van der Waals surface area contributed by atoms with Crippen LogP contribution in [-0.2, 0) is 6.42 Å². The second-order valence-electron chi connectivity index (χ2n) is 3.96. The topological polar surface area (TPSA) is 50.9 Å². The number of hydrazine groups is 1. The minimum Gasteiger partial charge on any atom is -0.271 e. The van der Waals surface area contributed by atoms with E-state index in [9.17, 15) is 0 Å². The summed E-state index contributed by atoms with van der Waals surface area (Å²) in [6, 6.07) is 0.364. The van der Waals surface area contributed by atoms with Crippen molar-refractivity contribution in [1.82, 2.24) is 10.4 Å². The molecule has 0 radical (unpaired) electrons. The average molecular weight is 213 g/mol. The molecule has 0 aliphatic rings. The van der Waals surface area contributed by atoms with Gasteiger partial charge in [0.15, 0.2) is 0 Å². The summed E-state index contributed by atoms with van der Waals surface area (Å²) < 4.78 is 0. The van der Waals surface area contributed by atoms with Crippen LogP contribution in [0.1, 0.15) is 31.7 Å². The highest BCUT2D eigenvalue weighted by atomic mass is 32.1. The third kappa shape index (κ3) is 4.17. The lowest BCUT2D eigenvalue weighted by Crippen LogP contribution is -2.36. The Hall–Kier alpha value is -0.450. The first-order valence-electron chi connectivity index (χ1n) is 5.07. The molecular weight excluding hydrogens is 194 g/mol. The lowest BCUT2D eigenvalue weighted by atomic mass is 10.0. The Kier molecular flexibility index (Phi) is 5.07. The molecule has 0 bridgehead atoms. The minimum atomic E-state index is 0.364. The number of rotatable bonds is 6. The van der Waals surface area contributed by atoms with Crippen molar-refractivity contribution < 1.29 is 0 Å². The SMILES string of the molecule is CC(C)CCC(Cc1nccs1)NN. The summed E-state index contributed by atoms with van der Waals surface area (Å²) in [4.78, 5) is 4.25. The fourth-order valence-electron chi connectivity index (χ4n) is 1.34. The van der Waals surface area contributed by atoms with E-state index in [2.05, 4.69) is 24.3 Å². The van der Waals surface area contributed by atoms with Crippen LogP contribution in [-0.4, -0.2) is 11.0 Å². The Morgan fingerprint density at radius 1 is 1.50 bits per heavy atom. The quantitative estimate of drug-likeness (QED) is 0.561. The second-order valence-corrected chi connectivity index (χ2v) is 4.94. The van der Waals surface area contributed by atoms with E-state index in [-0.39, 0.29) is 0 Å². The van der Waals surface area contributed by atoms with E-state index in [1.54, 1.807) is 11.3 Å². The first-order valence-corrected chi connectivity index (χ1v) is 5.94. The van der Waals surface area contributed by atoms with E-state index >= 15 is 0 Å². The molecule has 3 N–H and O–H groups in total. The van der Waals surface area contributed by atoms with Crippen LogP contribution in [0.4, 0.5) is 0 Å². The maximum absolute atomic E-state index is 5.50. The van der Waals surface area contributed by atoms with Crippen LogP contribution in [0.25, 0.3) is 0 Å². The largest absolute Gasteiger partial charge is 0.271 e. The number of nitrogens with two attached hydrogens (primary N) is 1. The average Bonchev–Trinajstić information content (AvgIpc) is 2.64. The molecule has 1 heterocycles. The first kappa shape index (κ1) is 11.6. The van der Waals surface area contributed by atoms with Gasteiger partial charge in [0, 0.05) is 24.0 Å². The summed E-state index contributed by atoms with van der Waals surface area (Å²) in [5, 5.41) is 3.17. The predicted molar refractivity (Wildman–Crippen MR) is 61.0 cm³/mol. The number of hydrogen-bond acceptors (Lipinski definition) is 4. The molecule has 4 heteroatoms. The summed E-state index contributed by atoms with van der Waals surface area (Å²) in [5.74, 6) is 6.24. The molecule has 0 aliphatic heterocycles. The van der Waals surface area contributed by atoms with Gasteiger partial charge in [-0.25, -0.2) is 4.98 Å². The van der Waals surface area contributed by atoms with Crippen molar-refractivity contribution in [3.63, 3.8) is 0 Å². The molecule has 80 valence electrons. The van der Waals surface area contributed by atoms with E-state index < -0.39 is 0 Å². The molecular formula is C10H19N3S. The predicted octanol–water partition coefficient (Wildman–Crippen LogP) is 1.95. The Morgan fingerprint density at radius 2 is 2.29 bits per heavy atom. The Morgan fingerprint density at radius 3 is 2.79 bits per heavy atom. The molecule has 0 spiro atoms. The second kappa shape index (κ2) is 6.11. The fraction of sp³-hybridized carbons (Fsp3) is 0.700. The van der Waals surface area contributed by atoms with Crippen molar-refractivity contribution in [2.45, 2.75) is 39.2 Å². The van der Waals surface area contributed by atoms with Crippen LogP contribution in [0.2, 0.25) is 0 Å². The maximum Gasteiger partial charge on any atom is 0.0940 e. The Labute approximate surface area is 89.7 Å². The van der Waals surface area contributed by atoms with Gasteiger partial charge in [-0.1, -0.05) is 13.8 Å². The number of aromatic nitrogens is 1. The van der Waals surface area contributed by atoms with E-state index in [1.165, 1.54) is 6.42 Å².